The average molecular weight is 329 g/mol. The first kappa shape index (κ1) is 15.8. The Labute approximate surface area is 138 Å². The van der Waals surface area contributed by atoms with Gasteiger partial charge >= 0.3 is 5.63 Å². The lowest BCUT2D eigenvalue weighted by atomic mass is 9.95. The van der Waals surface area contributed by atoms with E-state index in [1.54, 1.807) is 24.2 Å². The Hall–Kier alpha value is -2.08. The molecule has 3 aromatic rings. The van der Waals surface area contributed by atoms with Crippen LogP contribution in [0.4, 0.5) is 0 Å². The molecule has 6 heteroatoms. The minimum Gasteiger partial charge on any atom is -0.423 e. The predicted octanol–water partition coefficient (Wildman–Crippen LogP) is 3.65. The SMILES string of the molecule is Cc1cc2oc(=O)cc(CSc3nncn3C)c2cc1C(C)C. The second-order valence-corrected chi connectivity index (χ2v) is 6.91. The monoisotopic (exact) mass is 329 g/mol. The summed E-state index contributed by atoms with van der Waals surface area (Å²) >= 11 is 1.56. The zero-order valence-corrected chi connectivity index (χ0v) is 14.5. The van der Waals surface area contributed by atoms with E-state index in [1.165, 1.54) is 5.56 Å². The number of aromatic nitrogens is 3. The fourth-order valence-electron chi connectivity index (χ4n) is 2.68. The van der Waals surface area contributed by atoms with Crippen molar-refractivity contribution in [1.29, 1.82) is 0 Å². The van der Waals surface area contributed by atoms with Crippen molar-refractivity contribution in [2.75, 3.05) is 0 Å². The highest BCUT2D eigenvalue weighted by molar-refractivity contribution is 7.98. The average Bonchev–Trinajstić information content (AvgIpc) is 2.88. The first-order chi connectivity index (χ1) is 11.0. The lowest BCUT2D eigenvalue weighted by molar-refractivity contribution is 0.559. The molecule has 0 N–H and O–H groups in total. The number of hydrogen-bond donors (Lipinski definition) is 0. The van der Waals surface area contributed by atoms with E-state index in [-0.39, 0.29) is 5.63 Å². The second-order valence-electron chi connectivity index (χ2n) is 5.96. The van der Waals surface area contributed by atoms with E-state index in [4.69, 9.17) is 4.42 Å². The topological polar surface area (TPSA) is 60.9 Å². The Morgan fingerprint density at radius 1 is 1.30 bits per heavy atom. The molecule has 0 aliphatic carbocycles. The maximum Gasteiger partial charge on any atom is 0.336 e. The summed E-state index contributed by atoms with van der Waals surface area (Å²) in [5.74, 6) is 1.07. The molecule has 0 aliphatic heterocycles. The predicted molar refractivity (Wildman–Crippen MR) is 91.9 cm³/mol. The summed E-state index contributed by atoms with van der Waals surface area (Å²) in [7, 11) is 1.90. The van der Waals surface area contributed by atoms with E-state index in [0.717, 1.165) is 21.7 Å². The molecule has 0 amide bonds. The van der Waals surface area contributed by atoms with Crippen LogP contribution in [0.1, 0.15) is 36.5 Å². The number of aryl methyl sites for hydroxylation is 2. The van der Waals surface area contributed by atoms with E-state index >= 15 is 0 Å². The number of nitrogens with zero attached hydrogens (tertiary/aromatic N) is 3. The zero-order chi connectivity index (χ0) is 16.6. The van der Waals surface area contributed by atoms with Crippen LogP contribution < -0.4 is 5.63 Å². The van der Waals surface area contributed by atoms with Crippen LogP contribution in [0.5, 0.6) is 0 Å². The summed E-state index contributed by atoms with van der Waals surface area (Å²) in [5.41, 5.74) is 3.71. The number of hydrogen-bond acceptors (Lipinski definition) is 5. The van der Waals surface area contributed by atoms with Crippen molar-refractivity contribution in [2.24, 2.45) is 7.05 Å². The smallest absolute Gasteiger partial charge is 0.336 e. The first-order valence-corrected chi connectivity index (χ1v) is 8.48. The largest absolute Gasteiger partial charge is 0.423 e. The quantitative estimate of drug-likeness (QED) is 0.540. The summed E-state index contributed by atoms with van der Waals surface area (Å²) in [5, 5.41) is 9.76. The molecule has 0 atom stereocenters. The van der Waals surface area contributed by atoms with Crippen LogP contribution in [0.15, 0.2) is 38.9 Å². The molecule has 2 heterocycles. The molecular weight excluding hydrogens is 310 g/mol. The lowest BCUT2D eigenvalue weighted by Crippen LogP contribution is -2.02. The molecule has 0 radical (unpaired) electrons. The van der Waals surface area contributed by atoms with Crippen molar-refractivity contribution in [2.45, 2.75) is 37.6 Å². The molecule has 0 aliphatic rings. The second kappa shape index (κ2) is 6.20. The fraction of sp³-hybridized carbons (Fsp3) is 0.353. The van der Waals surface area contributed by atoms with Crippen LogP contribution in [0, 0.1) is 6.92 Å². The van der Waals surface area contributed by atoms with Gasteiger partial charge in [0.1, 0.15) is 11.9 Å². The van der Waals surface area contributed by atoms with Crippen molar-refractivity contribution in [3.63, 3.8) is 0 Å². The summed E-state index contributed by atoms with van der Waals surface area (Å²) in [6.07, 6.45) is 1.67. The van der Waals surface area contributed by atoms with Crippen molar-refractivity contribution in [3.05, 3.63) is 51.6 Å². The summed E-state index contributed by atoms with van der Waals surface area (Å²) in [6.45, 7) is 6.39. The molecule has 0 saturated heterocycles. The van der Waals surface area contributed by atoms with Gasteiger partial charge in [0, 0.05) is 24.3 Å². The third-order valence-electron chi connectivity index (χ3n) is 3.87. The number of fused-ring (bicyclic) bond motifs is 1. The number of rotatable bonds is 4. The normalized spacial score (nSPS) is 11.5. The lowest BCUT2D eigenvalue weighted by Gasteiger charge is -2.12. The Balaban J connectivity index is 2.06. The Morgan fingerprint density at radius 2 is 2.09 bits per heavy atom. The molecule has 120 valence electrons. The zero-order valence-electron chi connectivity index (χ0n) is 13.7. The molecule has 2 aromatic heterocycles. The highest BCUT2D eigenvalue weighted by atomic mass is 32.2. The third-order valence-corrected chi connectivity index (χ3v) is 4.95. The standard InChI is InChI=1S/C17H19N3O2S/c1-10(2)13-7-14-12(8-23-17-19-18-9-20(17)4)6-16(21)22-15(14)5-11(13)3/h5-7,9-10H,8H2,1-4H3. The van der Waals surface area contributed by atoms with Crippen LogP contribution in [0.2, 0.25) is 0 Å². The van der Waals surface area contributed by atoms with Crippen molar-refractivity contribution in [1.82, 2.24) is 14.8 Å². The third kappa shape index (κ3) is 3.17. The molecule has 0 spiro atoms. The van der Waals surface area contributed by atoms with Gasteiger partial charge in [-0.05, 0) is 41.7 Å². The van der Waals surface area contributed by atoms with Gasteiger partial charge in [0.2, 0.25) is 0 Å². The maximum absolute atomic E-state index is 11.9. The van der Waals surface area contributed by atoms with Crippen molar-refractivity contribution in [3.8, 4) is 0 Å². The highest BCUT2D eigenvalue weighted by Crippen LogP contribution is 2.29. The summed E-state index contributed by atoms with van der Waals surface area (Å²) in [6, 6.07) is 5.68. The van der Waals surface area contributed by atoms with Gasteiger partial charge in [-0.2, -0.15) is 0 Å². The van der Waals surface area contributed by atoms with Crippen LogP contribution in [-0.4, -0.2) is 14.8 Å². The van der Waals surface area contributed by atoms with Crippen LogP contribution in [0.3, 0.4) is 0 Å². The minimum absolute atomic E-state index is 0.317. The maximum atomic E-state index is 11.9. The van der Waals surface area contributed by atoms with Gasteiger partial charge in [-0.25, -0.2) is 4.79 Å². The Morgan fingerprint density at radius 3 is 2.74 bits per heavy atom. The molecule has 0 fully saturated rings. The van der Waals surface area contributed by atoms with Gasteiger partial charge in [0.15, 0.2) is 5.16 Å². The van der Waals surface area contributed by atoms with E-state index < -0.39 is 0 Å². The molecule has 23 heavy (non-hydrogen) atoms. The Bertz CT molecular complexity index is 912. The molecule has 0 saturated carbocycles. The van der Waals surface area contributed by atoms with E-state index in [2.05, 4.69) is 37.0 Å². The number of thioether (sulfide) groups is 1. The van der Waals surface area contributed by atoms with Crippen molar-refractivity contribution < 1.29 is 4.42 Å². The van der Waals surface area contributed by atoms with Crippen LogP contribution >= 0.6 is 11.8 Å². The van der Waals surface area contributed by atoms with Gasteiger partial charge in [0.05, 0.1) is 0 Å². The summed E-state index contributed by atoms with van der Waals surface area (Å²) in [4.78, 5) is 11.9. The molecule has 1 aromatic carbocycles. The molecule has 0 bridgehead atoms. The highest BCUT2D eigenvalue weighted by Gasteiger charge is 2.12. The van der Waals surface area contributed by atoms with E-state index in [1.807, 2.05) is 17.7 Å². The number of benzene rings is 1. The van der Waals surface area contributed by atoms with E-state index in [9.17, 15) is 4.79 Å². The van der Waals surface area contributed by atoms with Crippen LogP contribution in [-0.2, 0) is 12.8 Å². The molecule has 3 rings (SSSR count). The minimum atomic E-state index is -0.317. The molecular formula is C17H19N3O2S. The fourth-order valence-corrected chi connectivity index (χ4v) is 3.56. The Kier molecular flexibility index (Phi) is 4.26. The van der Waals surface area contributed by atoms with Gasteiger partial charge in [-0.15, -0.1) is 10.2 Å². The first-order valence-electron chi connectivity index (χ1n) is 7.49. The van der Waals surface area contributed by atoms with Crippen molar-refractivity contribution >= 4 is 22.7 Å². The van der Waals surface area contributed by atoms with E-state index in [0.29, 0.717) is 17.3 Å². The van der Waals surface area contributed by atoms with Gasteiger partial charge in [-0.3, -0.25) is 0 Å². The summed E-state index contributed by atoms with van der Waals surface area (Å²) < 4.78 is 7.24. The van der Waals surface area contributed by atoms with Crippen LogP contribution in [0.25, 0.3) is 11.0 Å². The van der Waals surface area contributed by atoms with Gasteiger partial charge in [-0.1, -0.05) is 25.6 Å². The molecule has 5 nitrogen and oxygen atoms in total. The van der Waals surface area contributed by atoms with Gasteiger partial charge < -0.3 is 8.98 Å². The molecule has 0 unspecified atom stereocenters. The van der Waals surface area contributed by atoms with Gasteiger partial charge in [0.25, 0.3) is 0 Å².